The van der Waals surface area contributed by atoms with Gasteiger partial charge in [-0.2, -0.15) is 15.6 Å². The average Bonchev–Trinajstić information content (AvgIpc) is 3.41. The molecule has 0 aliphatic heterocycles. The van der Waals surface area contributed by atoms with E-state index in [1.165, 1.54) is 16.4 Å². The Balaban J connectivity index is 0.00000337. The van der Waals surface area contributed by atoms with Gasteiger partial charge in [-0.15, -0.1) is 23.7 Å². The largest absolute Gasteiger partial charge is 0.497 e. The van der Waals surface area contributed by atoms with Gasteiger partial charge >= 0.3 is 0 Å². The van der Waals surface area contributed by atoms with Crippen LogP contribution in [-0.4, -0.2) is 21.9 Å². The number of thiazole rings is 1. The van der Waals surface area contributed by atoms with Crippen molar-refractivity contribution >= 4 is 57.5 Å². The van der Waals surface area contributed by atoms with Gasteiger partial charge in [-0.25, -0.2) is 9.67 Å². The fourth-order valence-corrected chi connectivity index (χ4v) is 6.95. The highest BCUT2D eigenvalue weighted by molar-refractivity contribution is 8.01. The Morgan fingerprint density at radius 3 is 2.37 bits per heavy atom. The topological polar surface area (TPSA) is 137 Å². The minimum absolute atomic E-state index is 0. The molecule has 202 valence electrons. The Bertz CT molecular complexity index is 2000. The smallest absolute Gasteiger partial charge is 0.193 e. The zero-order valence-electron chi connectivity index (χ0n) is 21.6. The SMILES string of the molecule is COc1ccc(-n2nc(Sc3nc4ccccc4s3)c3c(c2=N)=C(N)C(C#N)(C#N)C(c2ccccc2)C=3)cc1.Cl. The molecule has 0 amide bonds. The van der Waals surface area contributed by atoms with Crippen molar-refractivity contribution in [3.8, 4) is 23.6 Å². The zero-order chi connectivity index (χ0) is 27.9. The molecule has 5 aromatic rings. The molecule has 8 nitrogen and oxygen atoms in total. The summed E-state index contributed by atoms with van der Waals surface area (Å²) >= 11 is 2.91. The summed E-state index contributed by atoms with van der Waals surface area (Å²) in [4.78, 5) is 4.77. The number of nitrogens with one attached hydrogen (secondary N) is 1. The molecule has 11 heteroatoms. The third kappa shape index (κ3) is 4.62. The maximum absolute atomic E-state index is 10.4. The number of nitrogens with zero attached hydrogens (tertiary/aromatic N) is 5. The second-order valence-electron chi connectivity index (χ2n) is 9.10. The Kier molecular flexibility index (Phi) is 7.57. The zero-order valence-corrected chi connectivity index (χ0v) is 24.1. The average molecular weight is 596 g/mol. The Labute approximate surface area is 249 Å². The Morgan fingerprint density at radius 1 is 1.02 bits per heavy atom. The van der Waals surface area contributed by atoms with Gasteiger partial charge in [0, 0.05) is 16.4 Å². The molecule has 0 fully saturated rings. The van der Waals surface area contributed by atoms with Crippen molar-refractivity contribution in [1.82, 2.24) is 14.8 Å². The first-order valence-corrected chi connectivity index (χ1v) is 13.9. The summed E-state index contributed by atoms with van der Waals surface area (Å²) in [5, 5.41) is 36.3. The number of aromatic nitrogens is 3. The number of hydrogen-bond donors (Lipinski definition) is 2. The summed E-state index contributed by atoms with van der Waals surface area (Å²) in [5.41, 5.74) is 7.30. The van der Waals surface area contributed by atoms with E-state index in [4.69, 9.17) is 26.0 Å². The lowest BCUT2D eigenvalue weighted by Gasteiger charge is -2.31. The molecule has 1 unspecified atom stereocenters. The van der Waals surface area contributed by atoms with Crippen LogP contribution in [0, 0.1) is 33.5 Å². The quantitative estimate of drug-likeness (QED) is 0.310. The molecule has 2 heterocycles. The van der Waals surface area contributed by atoms with E-state index in [2.05, 4.69) is 12.1 Å². The highest BCUT2D eigenvalue weighted by Crippen LogP contribution is 2.42. The van der Waals surface area contributed by atoms with Crippen LogP contribution in [0.15, 0.2) is 88.2 Å². The molecule has 0 spiro atoms. The summed E-state index contributed by atoms with van der Waals surface area (Å²) < 4.78 is 8.58. The number of nitrogens with two attached hydrogens (primary N) is 1. The van der Waals surface area contributed by atoms with Crippen molar-refractivity contribution in [2.75, 3.05) is 7.11 Å². The van der Waals surface area contributed by atoms with Crippen LogP contribution >= 0.6 is 35.5 Å². The molecule has 1 atom stereocenters. The van der Waals surface area contributed by atoms with Gasteiger partial charge in [0.1, 0.15) is 10.8 Å². The number of ether oxygens (including phenoxy) is 1. The molecular formula is C30H22ClN7OS2. The number of fused-ring (bicyclic) bond motifs is 2. The van der Waals surface area contributed by atoms with Gasteiger partial charge in [0.2, 0.25) is 0 Å². The molecule has 0 radical (unpaired) electrons. The molecule has 1 aliphatic rings. The highest BCUT2D eigenvalue weighted by atomic mass is 35.5. The lowest BCUT2D eigenvalue weighted by molar-refractivity contribution is 0.414. The van der Waals surface area contributed by atoms with E-state index in [0.717, 1.165) is 20.1 Å². The Morgan fingerprint density at radius 2 is 1.71 bits per heavy atom. The number of benzene rings is 3. The van der Waals surface area contributed by atoms with E-state index in [-0.39, 0.29) is 23.6 Å². The lowest BCUT2D eigenvalue weighted by Crippen LogP contribution is -2.55. The number of nitriles is 2. The highest BCUT2D eigenvalue weighted by Gasteiger charge is 2.45. The predicted octanol–water partition coefficient (Wildman–Crippen LogP) is 4.22. The van der Waals surface area contributed by atoms with Gasteiger partial charge < -0.3 is 10.5 Å². The molecule has 1 aliphatic carbocycles. The van der Waals surface area contributed by atoms with Crippen molar-refractivity contribution in [3.05, 3.63) is 100 Å². The maximum Gasteiger partial charge on any atom is 0.193 e. The van der Waals surface area contributed by atoms with Crippen LogP contribution < -0.4 is 26.4 Å². The number of rotatable bonds is 5. The second kappa shape index (κ2) is 11.1. The predicted molar refractivity (Wildman–Crippen MR) is 161 cm³/mol. The minimum Gasteiger partial charge on any atom is -0.497 e. The fourth-order valence-electron chi connectivity index (χ4n) is 4.87. The standard InChI is InChI=1S/C30H21N7OS2.ClH/c1-38-20-13-11-19(12-14-20)37-27(34)25-21(28(36-37)40-29-35-23-9-5-6-10-24(23)39-29)15-22(18-7-3-2-4-8-18)30(16-31,17-32)26(25)33;/h2-15,22,34H,33H2,1H3;1H. The van der Waals surface area contributed by atoms with Gasteiger partial charge in [-0.3, -0.25) is 5.41 Å². The van der Waals surface area contributed by atoms with Gasteiger partial charge in [-0.05, 0) is 53.7 Å². The summed E-state index contributed by atoms with van der Waals surface area (Å²) in [7, 11) is 1.58. The molecule has 0 saturated carbocycles. The third-order valence-corrected chi connectivity index (χ3v) is 9.01. The van der Waals surface area contributed by atoms with Crippen molar-refractivity contribution in [2.24, 2.45) is 11.1 Å². The van der Waals surface area contributed by atoms with Crippen molar-refractivity contribution < 1.29 is 4.74 Å². The van der Waals surface area contributed by atoms with Crippen LogP contribution in [0.1, 0.15) is 11.5 Å². The van der Waals surface area contributed by atoms with Gasteiger partial charge in [0.15, 0.2) is 15.2 Å². The van der Waals surface area contributed by atoms with E-state index in [9.17, 15) is 10.5 Å². The Hall–Kier alpha value is -4.61. The molecule has 0 bridgehead atoms. The molecule has 3 N–H and O–H groups in total. The van der Waals surface area contributed by atoms with Crippen LogP contribution in [-0.2, 0) is 0 Å². The molecule has 6 rings (SSSR count). The summed E-state index contributed by atoms with van der Waals surface area (Å²) in [6.45, 7) is 0. The van der Waals surface area contributed by atoms with E-state index in [1.807, 2.05) is 60.7 Å². The first-order chi connectivity index (χ1) is 19.5. The molecule has 3 aromatic carbocycles. The van der Waals surface area contributed by atoms with E-state index < -0.39 is 11.3 Å². The lowest BCUT2D eigenvalue weighted by atomic mass is 9.69. The molecule has 41 heavy (non-hydrogen) atoms. The number of para-hydroxylation sites is 1. The summed E-state index contributed by atoms with van der Waals surface area (Å²) in [6.07, 6.45) is 1.85. The van der Waals surface area contributed by atoms with Gasteiger partial charge in [-0.1, -0.05) is 48.5 Å². The van der Waals surface area contributed by atoms with E-state index >= 15 is 0 Å². The number of halogens is 1. The minimum atomic E-state index is -1.71. The molecule has 0 saturated heterocycles. The molecular weight excluding hydrogens is 574 g/mol. The van der Waals surface area contributed by atoms with Crippen LogP contribution in [0.25, 0.3) is 27.7 Å². The fraction of sp³-hybridized carbons (Fsp3) is 0.100. The third-order valence-electron chi connectivity index (χ3n) is 6.92. The normalized spacial score (nSPS) is 15.1. The first kappa shape index (κ1) is 27.9. The summed E-state index contributed by atoms with van der Waals surface area (Å²) in [5.74, 6) is -0.0000381. The summed E-state index contributed by atoms with van der Waals surface area (Å²) in [6, 6.07) is 28.8. The van der Waals surface area contributed by atoms with Gasteiger partial charge in [0.25, 0.3) is 0 Å². The van der Waals surface area contributed by atoms with Crippen molar-refractivity contribution in [2.45, 2.75) is 15.3 Å². The van der Waals surface area contributed by atoms with Gasteiger partial charge in [0.05, 0.1) is 40.8 Å². The number of methoxy groups -OCH3 is 1. The van der Waals surface area contributed by atoms with Crippen LogP contribution in [0.5, 0.6) is 5.75 Å². The van der Waals surface area contributed by atoms with Crippen LogP contribution in [0.3, 0.4) is 0 Å². The second-order valence-corrected chi connectivity index (χ2v) is 11.4. The first-order valence-electron chi connectivity index (χ1n) is 12.2. The monoisotopic (exact) mass is 595 g/mol. The number of hydrogen-bond acceptors (Lipinski definition) is 9. The van der Waals surface area contributed by atoms with Crippen LogP contribution in [0.2, 0.25) is 0 Å². The molecule has 2 aromatic heterocycles. The van der Waals surface area contributed by atoms with Crippen molar-refractivity contribution in [1.29, 1.82) is 15.9 Å². The maximum atomic E-state index is 10.4. The van der Waals surface area contributed by atoms with Crippen LogP contribution in [0.4, 0.5) is 0 Å². The van der Waals surface area contributed by atoms with E-state index in [0.29, 0.717) is 26.9 Å². The van der Waals surface area contributed by atoms with Crippen molar-refractivity contribution in [3.63, 3.8) is 0 Å². The van der Waals surface area contributed by atoms with E-state index in [1.54, 1.807) is 42.7 Å².